The largest absolute Gasteiger partial charge is 0.495 e. The molecule has 2 amide bonds. The van der Waals surface area contributed by atoms with Crippen LogP contribution in [0.2, 0.25) is 0 Å². The van der Waals surface area contributed by atoms with Crippen molar-refractivity contribution < 1.29 is 14.3 Å². The molecular weight excluding hydrogens is 294 g/mol. The number of rotatable bonds is 6. The minimum Gasteiger partial charge on any atom is -0.495 e. The molecule has 23 heavy (non-hydrogen) atoms. The van der Waals surface area contributed by atoms with Gasteiger partial charge < -0.3 is 10.1 Å². The maximum atomic E-state index is 12.1. The molecule has 0 bridgehead atoms. The van der Waals surface area contributed by atoms with Crippen LogP contribution in [-0.4, -0.2) is 30.5 Å². The number of hydrogen-bond donors (Lipinski definition) is 1. The van der Waals surface area contributed by atoms with Gasteiger partial charge in [0.05, 0.1) is 25.0 Å². The van der Waals surface area contributed by atoms with Gasteiger partial charge in [0.2, 0.25) is 11.8 Å². The number of pyridine rings is 1. The zero-order valence-corrected chi connectivity index (χ0v) is 13.2. The average Bonchev–Trinajstić information content (AvgIpc) is 2.58. The van der Waals surface area contributed by atoms with E-state index >= 15 is 0 Å². The van der Waals surface area contributed by atoms with Crippen LogP contribution >= 0.6 is 0 Å². The van der Waals surface area contributed by atoms with Gasteiger partial charge >= 0.3 is 0 Å². The maximum Gasteiger partial charge on any atom is 0.240 e. The molecule has 0 spiro atoms. The van der Waals surface area contributed by atoms with Gasteiger partial charge in [-0.1, -0.05) is 18.2 Å². The molecule has 1 aromatic heterocycles. The van der Waals surface area contributed by atoms with Gasteiger partial charge in [0.15, 0.2) is 0 Å². The number of hydrogen-bond acceptors (Lipinski definition) is 4. The van der Waals surface area contributed by atoms with Gasteiger partial charge in [-0.05, 0) is 24.3 Å². The number of amides is 2. The summed E-state index contributed by atoms with van der Waals surface area (Å²) in [4.78, 5) is 29.5. The predicted octanol–water partition coefficient (Wildman–Crippen LogP) is 1.76. The summed E-state index contributed by atoms with van der Waals surface area (Å²) in [7, 11) is 1.53. The highest BCUT2D eigenvalue weighted by molar-refractivity contribution is 5.98. The van der Waals surface area contributed by atoms with Gasteiger partial charge in [0.25, 0.3) is 0 Å². The highest BCUT2D eigenvalue weighted by atomic mass is 16.5. The number of nitrogens with one attached hydrogen (secondary N) is 1. The van der Waals surface area contributed by atoms with Crippen molar-refractivity contribution in [3.05, 3.63) is 54.4 Å². The van der Waals surface area contributed by atoms with Gasteiger partial charge in [-0.15, -0.1) is 0 Å². The molecule has 0 unspecified atom stereocenters. The van der Waals surface area contributed by atoms with Gasteiger partial charge in [0, 0.05) is 13.1 Å². The van der Waals surface area contributed by atoms with Crippen molar-refractivity contribution in [1.82, 2.24) is 10.3 Å². The number of aromatic nitrogens is 1. The summed E-state index contributed by atoms with van der Waals surface area (Å²) in [5.74, 6) is 0.0412. The van der Waals surface area contributed by atoms with Crippen molar-refractivity contribution in [2.75, 3.05) is 18.6 Å². The Hall–Kier alpha value is -2.89. The molecule has 1 aromatic carbocycles. The summed E-state index contributed by atoms with van der Waals surface area (Å²) in [6.07, 6.45) is 1.66. The fraction of sp³-hybridized carbons (Fsp3) is 0.235. The third kappa shape index (κ3) is 4.54. The Balaban J connectivity index is 2.04. The van der Waals surface area contributed by atoms with E-state index in [9.17, 15) is 9.59 Å². The Bertz CT molecular complexity index is 674. The molecule has 6 heteroatoms. The third-order valence-electron chi connectivity index (χ3n) is 3.25. The summed E-state index contributed by atoms with van der Waals surface area (Å²) in [6.45, 7) is 1.65. The standard InChI is InChI=1S/C17H19N3O3/c1-13(21)20(15-8-3-4-9-16(15)23-2)12-17(22)19-11-14-7-5-6-10-18-14/h3-10H,11-12H2,1-2H3,(H,19,22). The molecule has 0 fully saturated rings. The summed E-state index contributed by atoms with van der Waals surface area (Å²) < 4.78 is 5.25. The van der Waals surface area contributed by atoms with E-state index in [0.717, 1.165) is 5.69 Å². The lowest BCUT2D eigenvalue weighted by atomic mass is 10.2. The van der Waals surface area contributed by atoms with Crippen LogP contribution in [0.15, 0.2) is 48.7 Å². The van der Waals surface area contributed by atoms with Crippen LogP contribution < -0.4 is 15.0 Å². The van der Waals surface area contributed by atoms with E-state index < -0.39 is 0 Å². The molecule has 1 N–H and O–H groups in total. The zero-order chi connectivity index (χ0) is 16.7. The van der Waals surface area contributed by atoms with Crippen molar-refractivity contribution in [2.24, 2.45) is 0 Å². The van der Waals surface area contributed by atoms with Crippen LogP contribution in [0.3, 0.4) is 0 Å². The molecule has 1 heterocycles. The van der Waals surface area contributed by atoms with Crippen LogP contribution in [-0.2, 0) is 16.1 Å². The first kappa shape index (κ1) is 16.5. The molecule has 6 nitrogen and oxygen atoms in total. The van der Waals surface area contributed by atoms with Crippen LogP contribution in [0.25, 0.3) is 0 Å². The van der Waals surface area contributed by atoms with Gasteiger partial charge in [0.1, 0.15) is 12.3 Å². The first-order chi connectivity index (χ1) is 11.1. The van der Waals surface area contributed by atoms with E-state index in [1.54, 1.807) is 24.4 Å². The quantitative estimate of drug-likeness (QED) is 0.882. The van der Waals surface area contributed by atoms with E-state index in [2.05, 4.69) is 10.3 Å². The highest BCUT2D eigenvalue weighted by Crippen LogP contribution is 2.27. The van der Waals surface area contributed by atoms with Crippen LogP contribution in [0.5, 0.6) is 5.75 Å². The second-order valence-electron chi connectivity index (χ2n) is 4.87. The lowest BCUT2D eigenvalue weighted by Crippen LogP contribution is -2.39. The SMILES string of the molecule is COc1ccccc1N(CC(=O)NCc1ccccn1)C(C)=O. The first-order valence-corrected chi connectivity index (χ1v) is 7.19. The number of carbonyl (C=O) groups is 2. The van der Waals surface area contributed by atoms with Crippen LogP contribution in [0, 0.1) is 0 Å². The molecule has 0 saturated carbocycles. The number of methoxy groups -OCH3 is 1. The molecule has 2 rings (SSSR count). The number of benzene rings is 1. The Morgan fingerprint density at radius 3 is 2.57 bits per heavy atom. The monoisotopic (exact) mass is 313 g/mol. The Labute approximate surface area is 135 Å². The fourth-order valence-corrected chi connectivity index (χ4v) is 2.11. The number of para-hydroxylation sites is 2. The van der Waals surface area contributed by atoms with Gasteiger partial charge in [-0.25, -0.2) is 0 Å². The van der Waals surface area contributed by atoms with E-state index in [0.29, 0.717) is 18.0 Å². The molecular formula is C17H19N3O3. The van der Waals surface area contributed by atoms with E-state index in [1.165, 1.54) is 18.9 Å². The second-order valence-corrected chi connectivity index (χ2v) is 4.87. The van der Waals surface area contributed by atoms with Crippen LogP contribution in [0.4, 0.5) is 5.69 Å². The second kappa shape index (κ2) is 7.93. The van der Waals surface area contributed by atoms with Crippen LogP contribution in [0.1, 0.15) is 12.6 Å². The normalized spacial score (nSPS) is 10.0. The number of nitrogens with zero attached hydrogens (tertiary/aromatic N) is 2. The van der Waals surface area contributed by atoms with Crippen molar-refractivity contribution in [3.63, 3.8) is 0 Å². The smallest absolute Gasteiger partial charge is 0.240 e. The van der Waals surface area contributed by atoms with Gasteiger partial charge in [-0.3, -0.25) is 19.5 Å². The van der Waals surface area contributed by atoms with E-state index in [1.807, 2.05) is 24.3 Å². The summed E-state index contributed by atoms with van der Waals surface area (Å²) >= 11 is 0. The minimum atomic E-state index is -0.267. The highest BCUT2D eigenvalue weighted by Gasteiger charge is 2.18. The molecule has 2 aromatic rings. The summed E-state index contributed by atoms with van der Waals surface area (Å²) in [5, 5.41) is 2.76. The maximum absolute atomic E-state index is 12.1. The molecule has 0 atom stereocenters. The Kier molecular flexibility index (Phi) is 5.68. The molecule has 0 aliphatic heterocycles. The number of anilines is 1. The number of ether oxygens (including phenoxy) is 1. The fourth-order valence-electron chi connectivity index (χ4n) is 2.11. The minimum absolute atomic E-state index is 0.0808. The molecule has 0 saturated heterocycles. The van der Waals surface area contributed by atoms with Crippen molar-refractivity contribution >= 4 is 17.5 Å². The zero-order valence-electron chi connectivity index (χ0n) is 13.2. The molecule has 0 aliphatic rings. The topological polar surface area (TPSA) is 71.5 Å². The summed E-state index contributed by atoms with van der Waals surface area (Å²) in [6, 6.07) is 12.6. The molecule has 0 radical (unpaired) electrons. The molecule has 120 valence electrons. The lowest BCUT2D eigenvalue weighted by molar-refractivity contribution is -0.123. The predicted molar refractivity (Wildman–Crippen MR) is 87.1 cm³/mol. The van der Waals surface area contributed by atoms with Crippen molar-refractivity contribution in [1.29, 1.82) is 0 Å². The van der Waals surface area contributed by atoms with Crippen molar-refractivity contribution in [2.45, 2.75) is 13.5 Å². The molecule has 0 aliphatic carbocycles. The summed E-state index contributed by atoms with van der Waals surface area (Å²) in [5.41, 5.74) is 1.32. The Morgan fingerprint density at radius 2 is 1.91 bits per heavy atom. The van der Waals surface area contributed by atoms with E-state index in [4.69, 9.17) is 4.74 Å². The third-order valence-corrected chi connectivity index (χ3v) is 3.25. The average molecular weight is 313 g/mol. The first-order valence-electron chi connectivity index (χ1n) is 7.19. The van der Waals surface area contributed by atoms with Crippen molar-refractivity contribution in [3.8, 4) is 5.75 Å². The Morgan fingerprint density at radius 1 is 1.17 bits per heavy atom. The lowest BCUT2D eigenvalue weighted by Gasteiger charge is -2.22. The number of carbonyl (C=O) groups excluding carboxylic acids is 2. The van der Waals surface area contributed by atoms with E-state index in [-0.39, 0.29) is 18.4 Å². The van der Waals surface area contributed by atoms with Gasteiger partial charge in [-0.2, -0.15) is 0 Å².